The number of hydrogen-bond acceptors (Lipinski definition) is 6. The van der Waals surface area contributed by atoms with Crippen LogP contribution >= 0.6 is 0 Å². The van der Waals surface area contributed by atoms with Crippen LogP contribution in [-0.4, -0.2) is 32.9 Å². The lowest BCUT2D eigenvalue weighted by molar-refractivity contribution is -0.137. The van der Waals surface area contributed by atoms with Crippen LogP contribution in [0.25, 0.3) is 10.9 Å². The Labute approximate surface area is 187 Å². The van der Waals surface area contributed by atoms with Crippen molar-refractivity contribution in [2.75, 3.05) is 5.73 Å². The van der Waals surface area contributed by atoms with Gasteiger partial charge in [0.25, 0.3) is 5.91 Å². The zero-order chi connectivity index (χ0) is 23.5. The van der Waals surface area contributed by atoms with Crippen molar-refractivity contribution in [3.63, 3.8) is 0 Å². The van der Waals surface area contributed by atoms with Crippen molar-refractivity contribution in [3.05, 3.63) is 64.5 Å². The summed E-state index contributed by atoms with van der Waals surface area (Å²) in [6.07, 6.45) is -3.24. The van der Waals surface area contributed by atoms with Gasteiger partial charge < -0.3 is 21.1 Å². The van der Waals surface area contributed by atoms with E-state index in [1.54, 1.807) is 23.1 Å². The van der Waals surface area contributed by atoms with Gasteiger partial charge in [-0.05, 0) is 49.2 Å². The van der Waals surface area contributed by atoms with Crippen molar-refractivity contribution in [2.45, 2.75) is 50.9 Å². The summed E-state index contributed by atoms with van der Waals surface area (Å²) in [6.45, 7) is 2.34. The molecule has 0 spiro atoms. The van der Waals surface area contributed by atoms with E-state index in [9.17, 15) is 18.0 Å². The molecular weight excluding hydrogens is 435 g/mol. The molecule has 33 heavy (non-hydrogen) atoms. The summed E-state index contributed by atoms with van der Waals surface area (Å²) in [6, 6.07) is 7.06. The normalized spacial score (nSPS) is 21.8. The van der Waals surface area contributed by atoms with Gasteiger partial charge in [-0.3, -0.25) is 9.78 Å². The number of halogens is 3. The molecule has 7 nitrogen and oxygen atoms in total. The lowest BCUT2D eigenvalue weighted by atomic mass is 10.00. The minimum atomic E-state index is -4.47. The lowest BCUT2D eigenvalue weighted by Gasteiger charge is -2.23. The second-order valence-corrected chi connectivity index (χ2v) is 8.51. The first-order valence-corrected chi connectivity index (χ1v) is 10.6. The Morgan fingerprint density at radius 1 is 1.27 bits per heavy atom. The number of carbonyl (C=O) groups is 1. The highest BCUT2D eigenvalue weighted by molar-refractivity contribution is 5.99. The molecular formula is C23H22F3N5O2. The number of nitrogens with zero attached hydrogens (tertiary/aromatic N) is 3. The van der Waals surface area contributed by atoms with Gasteiger partial charge in [-0.2, -0.15) is 13.2 Å². The fourth-order valence-corrected chi connectivity index (χ4v) is 4.32. The largest absolute Gasteiger partial charge is 0.417 e. The van der Waals surface area contributed by atoms with Gasteiger partial charge in [-0.15, -0.1) is 0 Å². The highest BCUT2D eigenvalue weighted by Gasteiger charge is 2.42. The first-order chi connectivity index (χ1) is 15.6. The standard InChI is InChI=1S/C23H22F3N5O2/c1-11-20-16(10-33-11)15-6-12(2-5-18(15)30-21(20)28)22(32)31(19-7-17(19)27)9-14-4-3-13(8-29-14)23(24,25)26/h2-6,8,11,17,19H,7,9-10,27H2,1H3,(H2,28,30)/t11-,17+,19-/m0/s1. The molecule has 2 aromatic heterocycles. The van der Waals surface area contributed by atoms with Crippen LogP contribution in [0, 0.1) is 0 Å². The van der Waals surface area contributed by atoms with Crippen LogP contribution < -0.4 is 11.5 Å². The molecule has 10 heteroatoms. The van der Waals surface area contributed by atoms with Crippen LogP contribution in [0.3, 0.4) is 0 Å². The van der Waals surface area contributed by atoms with Gasteiger partial charge in [0, 0.05) is 34.8 Å². The fraction of sp³-hybridized carbons (Fsp3) is 0.348. The van der Waals surface area contributed by atoms with Crippen LogP contribution in [0.5, 0.6) is 0 Å². The molecule has 1 aromatic carbocycles. The van der Waals surface area contributed by atoms with E-state index in [4.69, 9.17) is 16.2 Å². The summed E-state index contributed by atoms with van der Waals surface area (Å²) in [5.74, 6) is 0.148. The number of nitrogens with two attached hydrogens (primary N) is 2. The Hall–Kier alpha value is -3.24. The van der Waals surface area contributed by atoms with Gasteiger partial charge >= 0.3 is 6.18 Å². The predicted octanol–water partition coefficient (Wildman–Crippen LogP) is 3.56. The highest BCUT2D eigenvalue weighted by Crippen LogP contribution is 2.38. The molecule has 0 radical (unpaired) electrons. The van der Waals surface area contributed by atoms with Crippen LogP contribution in [0.15, 0.2) is 36.5 Å². The van der Waals surface area contributed by atoms with E-state index in [-0.39, 0.29) is 30.6 Å². The minimum Gasteiger partial charge on any atom is -0.383 e. The molecule has 3 aromatic rings. The molecule has 2 aliphatic rings. The SMILES string of the molecule is C[C@@H]1OCc2c1c(N)nc1ccc(C(=O)N(Cc3ccc(C(F)(F)F)cn3)[C@H]3C[C@H]3N)cc21. The number of aromatic nitrogens is 2. The molecule has 1 fully saturated rings. The van der Waals surface area contributed by atoms with E-state index in [2.05, 4.69) is 9.97 Å². The number of rotatable bonds is 4. The minimum absolute atomic E-state index is 0.0611. The number of carbonyl (C=O) groups excluding carboxylic acids is 1. The lowest BCUT2D eigenvalue weighted by Crippen LogP contribution is -2.36. The number of nitrogen functional groups attached to an aromatic ring is 1. The molecule has 1 aliphatic carbocycles. The summed E-state index contributed by atoms with van der Waals surface area (Å²) in [4.78, 5) is 23.4. The average molecular weight is 457 g/mol. The molecule has 0 saturated heterocycles. The Morgan fingerprint density at radius 3 is 2.67 bits per heavy atom. The number of pyridine rings is 2. The van der Waals surface area contributed by atoms with E-state index in [0.717, 1.165) is 28.8 Å². The molecule has 1 aliphatic heterocycles. The van der Waals surface area contributed by atoms with Crippen molar-refractivity contribution in [1.29, 1.82) is 0 Å². The summed E-state index contributed by atoms with van der Waals surface area (Å²) in [7, 11) is 0. The number of benzene rings is 1. The number of hydrogen-bond donors (Lipinski definition) is 2. The van der Waals surface area contributed by atoms with Crippen LogP contribution in [0.1, 0.15) is 52.2 Å². The molecule has 0 unspecified atom stereocenters. The zero-order valence-electron chi connectivity index (χ0n) is 17.8. The maximum Gasteiger partial charge on any atom is 0.417 e. The molecule has 0 bridgehead atoms. The van der Waals surface area contributed by atoms with Crippen LogP contribution in [-0.2, 0) is 24.1 Å². The fourth-order valence-electron chi connectivity index (χ4n) is 4.32. The van der Waals surface area contributed by atoms with Crippen molar-refractivity contribution < 1.29 is 22.7 Å². The topological polar surface area (TPSA) is 107 Å². The average Bonchev–Trinajstić information content (AvgIpc) is 3.36. The number of fused-ring (bicyclic) bond motifs is 3. The van der Waals surface area contributed by atoms with E-state index in [0.29, 0.717) is 35.6 Å². The molecule has 3 heterocycles. The Bertz CT molecular complexity index is 1250. The Morgan fingerprint density at radius 2 is 2.03 bits per heavy atom. The quantitative estimate of drug-likeness (QED) is 0.620. The third kappa shape index (κ3) is 3.89. The summed E-state index contributed by atoms with van der Waals surface area (Å²) >= 11 is 0. The number of ether oxygens (including phenoxy) is 1. The van der Waals surface area contributed by atoms with Crippen LogP contribution in [0.2, 0.25) is 0 Å². The second-order valence-electron chi connectivity index (χ2n) is 8.51. The number of anilines is 1. The third-order valence-corrected chi connectivity index (χ3v) is 6.25. The summed E-state index contributed by atoms with van der Waals surface area (Å²) in [5, 5.41) is 0.794. The monoisotopic (exact) mass is 457 g/mol. The van der Waals surface area contributed by atoms with Crippen molar-refractivity contribution in [2.24, 2.45) is 5.73 Å². The molecule has 3 atom stereocenters. The highest BCUT2D eigenvalue weighted by atomic mass is 19.4. The Balaban J connectivity index is 1.47. The van der Waals surface area contributed by atoms with E-state index in [1.807, 2.05) is 6.92 Å². The first kappa shape index (κ1) is 21.6. The predicted molar refractivity (Wildman–Crippen MR) is 115 cm³/mol. The maximum atomic E-state index is 13.5. The van der Waals surface area contributed by atoms with Crippen LogP contribution in [0.4, 0.5) is 19.0 Å². The van der Waals surface area contributed by atoms with Gasteiger partial charge in [0.2, 0.25) is 0 Å². The van der Waals surface area contributed by atoms with Crippen molar-refractivity contribution in [3.8, 4) is 0 Å². The molecule has 172 valence electrons. The molecule has 1 saturated carbocycles. The van der Waals surface area contributed by atoms with Crippen molar-refractivity contribution in [1.82, 2.24) is 14.9 Å². The molecule has 5 rings (SSSR count). The number of amides is 1. The van der Waals surface area contributed by atoms with Gasteiger partial charge in [0.15, 0.2) is 0 Å². The van der Waals surface area contributed by atoms with Crippen molar-refractivity contribution >= 4 is 22.6 Å². The molecule has 4 N–H and O–H groups in total. The third-order valence-electron chi connectivity index (χ3n) is 6.25. The zero-order valence-corrected chi connectivity index (χ0v) is 17.8. The van der Waals surface area contributed by atoms with E-state index in [1.165, 1.54) is 6.07 Å². The smallest absolute Gasteiger partial charge is 0.383 e. The van der Waals surface area contributed by atoms with E-state index >= 15 is 0 Å². The van der Waals surface area contributed by atoms with Gasteiger partial charge in [-0.1, -0.05) is 0 Å². The molecule has 1 amide bonds. The van der Waals surface area contributed by atoms with Gasteiger partial charge in [0.1, 0.15) is 5.82 Å². The maximum absolute atomic E-state index is 13.5. The first-order valence-electron chi connectivity index (χ1n) is 10.6. The Kier molecular flexibility index (Phi) is 5.02. The summed E-state index contributed by atoms with van der Waals surface area (Å²) in [5.41, 5.74) is 14.5. The number of alkyl halides is 3. The van der Waals surface area contributed by atoms with E-state index < -0.39 is 11.7 Å². The van der Waals surface area contributed by atoms with Gasteiger partial charge in [-0.25, -0.2) is 4.98 Å². The van der Waals surface area contributed by atoms with Gasteiger partial charge in [0.05, 0.1) is 36.0 Å². The second kappa shape index (κ2) is 7.67. The summed E-state index contributed by atoms with van der Waals surface area (Å²) < 4.78 is 44.3.